The summed E-state index contributed by atoms with van der Waals surface area (Å²) >= 11 is 3.16. The van der Waals surface area contributed by atoms with E-state index in [-0.39, 0.29) is 17.9 Å². The molecule has 2 N–H and O–H groups in total. The normalized spacial score (nSPS) is 20.4. The molecule has 1 fully saturated rings. The third kappa shape index (κ3) is 1.59. The van der Waals surface area contributed by atoms with Gasteiger partial charge in [-0.2, -0.15) is 0 Å². The van der Waals surface area contributed by atoms with Gasteiger partial charge in [0.15, 0.2) is 0 Å². The molecule has 0 aromatic heterocycles. The van der Waals surface area contributed by atoms with Crippen molar-refractivity contribution in [1.29, 1.82) is 0 Å². The predicted molar refractivity (Wildman–Crippen MR) is 53.4 cm³/mol. The molecule has 0 unspecified atom stereocenters. The van der Waals surface area contributed by atoms with Crippen LogP contribution in [0.15, 0.2) is 22.7 Å². The van der Waals surface area contributed by atoms with Crippen LogP contribution in [0.5, 0.6) is 0 Å². The molecule has 0 saturated carbocycles. The summed E-state index contributed by atoms with van der Waals surface area (Å²) in [7, 11) is 0. The molecule has 1 aliphatic heterocycles. The number of halogens is 2. The van der Waals surface area contributed by atoms with Crippen LogP contribution < -0.4 is 10.6 Å². The number of carbonyl (C=O) groups is 1. The second-order valence-corrected chi connectivity index (χ2v) is 3.84. The van der Waals surface area contributed by atoms with E-state index in [9.17, 15) is 9.18 Å². The topological polar surface area (TPSA) is 41.1 Å². The highest BCUT2D eigenvalue weighted by molar-refractivity contribution is 9.10. The first-order valence-corrected chi connectivity index (χ1v) is 4.96. The van der Waals surface area contributed by atoms with Crippen LogP contribution in [0.1, 0.15) is 11.6 Å². The van der Waals surface area contributed by atoms with E-state index in [1.54, 1.807) is 12.1 Å². The lowest BCUT2D eigenvalue weighted by Gasteiger charge is -2.11. The Morgan fingerprint density at radius 1 is 1.50 bits per heavy atom. The Kier molecular flexibility index (Phi) is 2.41. The van der Waals surface area contributed by atoms with Gasteiger partial charge in [0.1, 0.15) is 5.82 Å². The summed E-state index contributed by atoms with van der Waals surface area (Å²) in [4.78, 5) is 10.9. The van der Waals surface area contributed by atoms with Crippen molar-refractivity contribution >= 4 is 22.0 Å². The van der Waals surface area contributed by atoms with Crippen molar-refractivity contribution < 1.29 is 9.18 Å². The molecule has 2 rings (SSSR count). The molecule has 3 nitrogen and oxygen atoms in total. The lowest BCUT2D eigenvalue weighted by molar-refractivity contribution is 0.247. The lowest BCUT2D eigenvalue weighted by atomic mass is 10.1. The van der Waals surface area contributed by atoms with Gasteiger partial charge in [0.25, 0.3) is 0 Å². The second kappa shape index (κ2) is 3.57. The van der Waals surface area contributed by atoms with Crippen LogP contribution in [0.2, 0.25) is 0 Å². The van der Waals surface area contributed by atoms with Gasteiger partial charge in [-0.3, -0.25) is 0 Å². The fourth-order valence-electron chi connectivity index (χ4n) is 1.43. The Morgan fingerprint density at radius 3 is 2.93 bits per heavy atom. The maximum Gasteiger partial charge on any atom is 0.315 e. The van der Waals surface area contributed by atoms with Crippen LogP contribution in [0.25, 0.3) is 0 Å². The Balaban J connectivity index is 2.32. The van der Waals surface area contributed by atoms with Gasteiger partial charge in [-0.25, -0.2) is 9.18 Å². The molecule has 1 aromatic carbocycles. The maximum atomic E-state index is 13.1. The minimum Gasteiger partial charge on any atom is -0.336 e. The summed E-state index contributed by atoms with van der Waals surface area (Å²) in [6.07, 6.45) is 0. The summed E-state index contributed by atoms with van der Waals surface area (Å²) < 4.78 is 13.6. The van der Waals surface area contributed by atoms with E-state index in [2.05, 4.69) is 26.6 Å². The highest BCUT2D eigenvalue weighted by Gasteiger charge is 2.24. The molecule has 1 aromatic rings. The number of carbonyl (C=O) groups excluding carboxylic acids is 1. The van der Waals surface area contributed by atoms with Gasteiger partial charge in [0.05, 0.1) is 10.5 Å². The molecule has 1 saturated heterocycles. The molecule has 0 aliphatic carbocycles. The number of amides is 2. The number of urea groups is 1. The third-order valence-electron chi connectivity index (χ3n) is 2.13. The molecule has 1 atom stereocenters. The SMILES string of the molecule is O=C1NC[C@@H](c2cccc(F)c2Br)N1. The van der Waals surface area contributed by atoms with Crippen LogP contribution in [0, 0.1) is 5.82 Å². The van der Waals surface area contributed by atoms with E-state index in [1.807, 2.05) is 0 Å². The monoisotopic (exact) mass is 258 g/mol. The standard InChI is InChI=1S/C9H8BrFN2O/c10-8-5(2-1-3-6(8)11)7-4-12-9(14)13-7/h1-3,7H,4H2,(H2,12,13,14)/t7-/m0/s1. The smallest absolute Gasteiger partial charge is 0.315 e. The number of nitrogens with one attached hydrogen (secondary N) is 2. The molecule has 1 heterocycles. The zero-order valence-corrected chi connectivity index (χ0v) is 8.77. The fourth-order valence-corrected chi connectivity index (χ4v) is 1.97. The van der Waals surface area contributed by atoms with Gasteiger partial charge in [-0.15, -0.1) is 0 Å². The summed E-state index contributed by atoms with van der Waals surface area (Å²) in [6, 6.07) is 4.40. The molecule has 5 heteroatoms. The van der Waals surface area contributed by atoms with Crippen LogP contribution in [-0.4, -0.2) is 12.6 Å². The molecule has 74 valence electrons. The minimum absolute atomic E-state index is 0.160. The van der Waals surface area contributed by atoms with E-state index in [4.69, 9.17) is 0 Å². The average Bonchev–Trinajstić information content (AvgIpc) is 2.57. The van der Waals surface area contributed by atoms with E-state index in [0.29, 0.717) is 11.0 Å². The lowest BCUT2D eigenvalue weighted by Crippen LogP contribution is -2.21. The number of hydrogen-bond acceptors (Lipinski definition) is 1. The van der Waals surface area contributed by atoms with Gasteiger partial charge in [0.2, 0.25) is 0 Å². The van der Waals surface area contributed by atoms with Crippen molar-refractivity contribution in [3.63, 3.8) is 0 Å². The van der Waals surface area contributed by atoms with Crippen molar-refractivity contribution in [2.24, 2.45) is 0 Å². The summed E-state index contributed by atoms with van der Waals surface area (Å²) in [5.74, 6) is -0.316. The van der Waals surface area contributed by atoms with Gasteiger partial charge >= 0.3 is 6.03 Å². The van der Waals surface area contributed by atoms with Gasteiger partial charge in [0, 0.05) is 6.54 Å². The number of hydrogen-bond donors (Lipinski definition) is 2. The first kappa shape index (κ1) is 9.45. The summed E-state index contributed by atoms with van der Waals surface area (Å²) in [5.41, 5.74) is 0.753. The Labute approximate surface area is 88.8 Å². The van der Waals surface area contributed by atoms with Crippen LogP contribution >= 0.6 is 15.9 Å². The molecular formula is C9H8BrFN2O. The molecule has 14 heavy (non-hydrogen) atoms. The van der Waals surface area contributed by atoms with E-state index < -0.39 is 0 Å². The zero-order valence-electron chi connectivity index (χ0n) is 7.18. The first-order valence-electron chi connectivity index (χ1n) is 4.17. The fraction of sp³-hybridized carbons (Fsp3) is 0.222. The van der Waals surface area contributed by atoms with Gasteiger partial charge in [-0.1, -0.05) is 12.1 Å². The van der Waals surface area contributed by atoms with E-state index in [0.717, 1.165) is 5.56 Å². The maximum absolute atomic E-state index is 13.1. The minimum atomic E-state index is -0.316. The summed E-state index contributed by atoms with van der Waals surface area (Å²) in [5, 5.41) is 5.31. The van der Waals surface area contributed by atoms with Crippen LogP contribution in [-0.2, 0) is 0 Å². The van der Waals surface area contributed by atoms with E-state index in [1.165, 1.54) is 6.07 Å². The molecule has 0 radical (unpaired) electrons. The Hall–Kier alpha value is -1.10. The Morgan fingerprint density at radius 2 is 2.29 bits per heavy atom. The molecular weight excluding hydrogens is 251 g/mol. The van der Waals surface area contributed by atoms with Gasteiger partial charge < -0.3 is 10.6 Å². The molecule has 1 aliphatic rings. The van der Waals surface area contributed by atoms with Crippen molar-refractivity contribution in [1.82, 2.24) is 10.6 Å². The van der Waals surface area contributed by atoms with Crippen molar-refractivity contribution in [2.45, 2.75) is 6.04 Å². The highest BCUT2D eigenvalue weighted by atomic mass is 79.9. The van der Waals surface area contributed by atoms with Crippen molar-refractivity contribution in [3.8, 4) is 0 Å². The van der Waals surface area contributed by atoms with Crippen LogP contribution in [0.3, 0.4) is 0 Å². The third-order valence-corrected chi connectivity index (χ3v) is 2.97. The van der Waals surface area contributed by atoms with E-state index >= 15 is 0 Å². The first-order chi connectivity index (χ1) is 6.68. The average molecular weight is 259 g/mol. The molecule has 0 spiro atoms. The predicted octanol–water partition coefficient (Wildman–Crippen LogP) is 1.94. The van der Waals surface area contributed by atoms with Crippen molar-refractivity contribution in [3.05, 3.63) is 34.1 Å². The zero-order chi connectivity index (χ0) is 10.1. The Bertz CT molecular complexity index is 383. The largest absolute Gasteiger partial charge is 0.336 e. The second-order valence-electron chi connectivity index (χ2n) is 3.05. The summed E-state index contributed by atoms with van der Waals surface area (Å²) in [6.45, 7) is 0.487. The van der Waals surface area contributed by atoms with Crippen LogP contribution in [0.4, 0.5) is 9.18 Å². The molecule has 2 amide bonds. The highest BCUT2D eigenvalue weighted by Crippen LogP contribution is 2.26. The number of benzene rings is 1. The molecule has 0 bridgehead atoms. The number of rotatable bonds is 1. The van der Waals surface area contributed by atoms with Crippen molar-refractivity contribution in [2.75, 3.05) is 6.54 Å². The van der Waals surface area contributed by atoms with Gasteiger partial charge in [-0.05, 0) is 27.6 Å². The quantitative estimate of drug-likeness (QED) is 0.795.